The Morgan fingerprint density at radius 2 is 1.52 bits per heavy atom. The second-order valence-corrected chi connectivity index (χ2v) is 12.0. The first kappa shape index (κ1) is 30.8. The third-order valence-electron chi connectivity index (χ3n) is 8.44. The maximum absolute atomic E-state index is 14.0. The number of para-hydroxylation sites is 1. The van der Waals surface area contributed by atoms with Crippen LogP contribution in [0.2, 0.25) is 5.02 Å². The summed E-state index contributed by atoms with van der Waals surface area (Å²) in [6.07, 6.45) is 2.11. The highest BCUT2D eigenvalue weighted by atomic mass is 35.5. The van der Waals surface area contributed by atoms with E-state index >= 15 is 0 Å². The summed E-state index contributed by atoms with van der Waals surface area (Å²) < 4.78 is 1.78. The van der Waals surface area contributed by atoms with Crippen LogP contribution in [0, 0.1) is 0 Å². The molecule has 0 fully saturated rings. The number of hydrogen-bond donors (Lipinski definition) is 2. The maximum Gasteiger partial charge on any atom is 0.303 e. The van der Waals surface area contributed by atoms with Crippen molar-refractivity contribution < 1.29 is 14.7 Å². The number of aliphatic carboxylic acids is 1. The molecule has 1 amide bonds. The minimum Gasteiger partial charge on any atom is -0.481 e. The number of aromatic amines is 1. The minimum atomic E-state index is -0.977. The van der Waals surface area contributed by atoms with Gasteiger partial charge in [-0.25, -0.2) is 9.69 Å². The van der Waals surface area contributed by atoms with E-state index in [2.05, 4.69) is 4.98 Å². The van der Waals surface area contributed by atoms with Gasteiger partial charge in [-0.2, -0.15) is 10.2 Å². The lowest BCUT2D eigenvalue weighted by Gasteiger charge is -2.22. The lowest BCUT2D eigenvalue weighted by Crippen LogP contribution is -2.27. The van der Waals surface area contributed by atoms with Crippen LogP contribution in [0.1, 0.15) is 42.9 Å². The van der Waals surface area contributed by atoms with Gasteiger partial charge in [0.05, 0.1) is 28.7 Å². The number of hydrogen-bond acceptors (Lipinski definition) is 5. The number of carbonyl (C=O) groups excluding carboxylic acids is 1. The molecule has 6 aromatic rings. The Balaban J connectivity index is 1.41. The number of carbonyl (C=O) groups is 2. The van der Waals surface area contributed by atoms with E-state index in [0.29, 0.717) is 33.1 Å². The Morgan fingerprint density at radius 3 is 2.21 bits per heavy atom. The molecule has 0 spiro atoms. The molecule has 1 atom stereocenters. The summed E-state index contributed by atoms with van der Waals surface area (Å²) in [4.78, 5) is 42.2. The number of fused-ring (bicyclic) bond motifs is 1. The van der Waals surface area contributed by atoms with Crippen LogP contribution in [0.5, 0.6) is 0 Å². The van der Waals surface area contributed by atoms with Gasteiger partial charge in [0.25, 0.3) is 5.56 Å². The summed E-state index contributed by atoms with van der Waals surface area (Å²) in [7, 11) is 0. The predicted molar refractivity (Wildman–Crippen MR) is 186 cm³/mol. The SMILES string of the molecule is O=C(O)CCCC(=O)N1N=C(c2c(-c3ccccc3)c3cc(Cl)ccc3[nH]c2=O)C[C@@H]1c1cn(-c2ccccc2)nc1-c1ccccc1. The Bertz CT molecular complexity index is 2230. The highest BCUT2D eigenvalue weighted by Crippen LogP contribution is 2.41. The Hall–Kier alpha value is -5.80. The molecule has 1 aliphatic rings. The van der Waals surface area contributed by atoms with Crippen molar-refractivity contribution in [2.24, 2.45) is 5.10 Å². The van der Waals surface area contributed by atoms with Gasteiger partial charge >= 0.3 is 5.97 Å². The van der Waals surface area contributed by atoms with Crippen LogP contribution in [-0.4, -0.2) is 42.5 Å². The van der Waals surface area contributed by atoms with Crippen LogP contribution in [-0.2, 0) is 9.59 Å². The Labute approximate surface area is 280 Å². The fourth-order valence-corrected chi connectivity index (χ4v) is 6.42. The summed E-state index contributed by atoms with van der Waals surface area (Å²) in [6.45, 7) is 0. The molecule has 0 saturated carbocycles. The molecule has 1 aliphatic heterocycles. The fourth-order valence-electron chi connectivity index (χ4n) is 6.25. The molecule has 0 unspecified atom stereocenters. The monoisotopic (exact) mass is 655 g/mol. The standard InChI is InChI=1S/C38H30ClN5O4/c39-26-19-20-30-28(21-26)35(24-11-4-1-5-12-24)36(38(48)40-30)31-22-32(44(41-31)33(45)17-10-18-34(46)47)29-23-43(27-15-8-3-9-16-27)42-37(29)25-13-6-2-7-14-25/h1-9,11-16,19-21,23,32H,10,17-18,22H2,(H,40,48)(H,46,47)/t32-/m1/s1. The van der Waals surface area contributed by atoms with Gasteiger partial charge in [0.2, 0.25) is 5.91 Å². The zero-order valence-electron chi connectivity index (χ0n) is 25.7. The molecule has 3 heterocycles. The molecule has 0 aliphatic carbocycles. The zero-order valence-corrected chi connectivity index (χ0v) is 26.5. The first-order valence-corrected chi connectivity index (χ1v) is 16.0. The normalized spacial score (nSPS) is 14.3. The average molecular weight is 656 g/mol. The molecule has 4 aromatic carbocycles. The van der Waals surface area contributed by atoms with E-state index in [9.17, 15) is 19.5 Å². The van der Waals surface area contributed by atoms with Crippen LogP contribution in [0.15, 0.2) is 125 Å². The average Bonchev–Trinajstić information content (AvgIpc) is 3.74. The molecule has 7 rings (SSSR count). The first-order valence-electron chi connectivity index (χ1n) is 15.6. The molecule has 238 valence electrons. The van der Waals surface area contributed by atoms with Gasteiger partial charge in [-0.15, -0.1) is 0 Å². The predicted octanol–water partition coefficient (Wildman–Crippen LogP) is 7.63. The summed E-state index contributed by atoms with van der Waals surface area (Å²) >= 11 is 6.47. The largest absolute Gasteiger partial charge is 0.481 e. The number of rotatable bonds is 9. The number of aromatic nitrogens is 3. The number of hydrazone groups is 1. The Kier molecular flexibility index (Phi) is 8.44. The summed E-state index contributed by atoms with van der Waals surface area (Å²) in [6, 6.07) is 33.6. The van der Waals surface area contributed by atoms with Gasteiger partial charge in [0.1, 0.15) is 0 Å². The molecule has 10 heteroatoms. The number of nitrogens with one attached hydrogen (secondary N) is 1. The zero-order chi connectivity index (χ0) is 33.2. The van der Waals surface area contributed by atoms with Crippen LogP contribution in [0.25, 0.3) is 39.0 Å². The van der Waals surface area contributed by atoms with E-state index in [1.807, 2.05) is 103 Å². The number of carboxylic acids is 1. The van der Waals surface area contributed by atoms with E-state index in [1.165, 1.54) is 5.01 Å². The van der Waals surface area contributed by atoms with Crippen molar-refractivity contribution in [1.29, 1.82) is 0 Å². The molecular weight excluding hydrogens is 626 g/mol. The molecule has 2 aromatic heterocycles. The van der Waals surface area contributed by atoms with Crippen LogP contribution in [0.4, 0.5) is 0 Å². The van der Waals surface area contributed by atoms with Gasteiger partial charge in [0, 0.05) is 58.1 Å². The van der Waals surface area contributed by atoms with Gasteiger partial charge in [-0.05, 0) is 42.3 Å². The number of amides is 1. The van der Waals surface area contributed by atoms with Crippen LogP contribution >= 0.6 is 11.6 Å². The molecule has 0 saturated heterocycles. The molecule has 0 radical (unpaired) electrons. The van der Waals surface area contributed by atoms with E-state index in [4.69, 9.17) is 21.8 Å². The Morgan fingerprint density at radius 1 is 0.854 bits per heavy atom. The van der Waals surface area contributed by atoms with Crippen molar-refractivity contribution in [3.05, 3.63) is 142 Å². The number of benzene rings is 4. The summed E-state index contributed by atoms with van der Waals surface area (Å²) in [5.74, 6) is -1.32. The van der Waals surface area contributed by atoms with Crippen LogP contribution < -0.4 is 5.56 Å². The van der Waals surface area contributed by atoms with Crippen molar-refractivity contribution in [3.8, 4) is 28.1 Å². The van der Waals surface area contributed by atoms with Crippen molar-refractivity contribution in [1.82, 2.24) is 19.8 Å². The number of nitrogens with zero attached hydrogens (tertiary/aromatic N) is 4. The molecule has 0 bridgehead atoms. The highest BCUT2D eigenvalue weighted by Gasteiger charge is 2.38. The molecular formula is C38H30ClN5O4. The van der Waals surface area contributed by atoms with E-state index in [1.54, 1.807) is 16.8 Å². The van der Waals surface area contributed by atoms with E-state index in [0.717, 1.165) is 27.8 Å². The third-order valence-corrected chi connectivity index (χ3v) is 8.68. The van der Waals surface area contributed by atoms with Crippen molar-refractivity contribution in [2.45, 2.75) is 31.7 Å². The second kappa shape index (κ2) is 13.1. The summed E-state index contributed by atoms with van der Waals surface area (Å²) in [5.41, 5.74) is 5.65. The van der Waals surface area contributed by atoms with Gasteiger partial charge in [-0.1, -0.05) is 90.5 Å². The third kappa shape index (κ3) is 6.03. The number of halogens is 1. The van der Waals surface area contributed by atoms with E-state index in [-0.39, 0.29) is 37.1 Å². The van der Waals surface area contributed by atoms with Gasteiger partial charge < -0.3 is 10.1 Å². The number of pyridine rings is 1. The van der Waals surface area contributed by atoms with Crippen molar-refractivity contribution in [2.75, 3.05) is 0 Å². The summed E-state index contributed by atoms with van der Waals surface area (Å²) in [5, 5.41) is 21.8. The first-order chi connectivity index (χ1) is 23.4. The topological polar surface area (TPSA) is 121 Å². The number of H-pyrrole nitrogens is 1. The number of carboxylic acid groups (broad SMARTS) is 1. The van der Waals surface area contributed by atoms with Crippen molar-refractivity contribution >= 4 is 40.1 Å². The molecule has 9 nitrogen and oxygen atoms in total. The maximum atomic E-state index is 14.0. The lowest BCUT2D eigenvalue weighted by atomic mass is 9.90. The van der Waals surface area contributed by atoms with Crippen LogP contribution in [0.3, 0.4) is 0 Å². The van der Waals surface area contributed by atoms with Gasteiger partial charge in [-0.3, -0.25) is 14.4 Å². The minimum absolute atomic E-state index is 0.0255. The quantitative estimate of drug-likeness (QED) is 0.166. The van der Waals surface area contributed by atoms with E-state index < -0.39 is 12.0 Å². The lowest BCUT2D eigenvalue weighted by molar-refractivity contribution is -0.137. The molecule has 48 heavy (non-hydrogen) atoms. The highest BCUT2D eigenvalue weighted by molar-refractivity contribution is 6.31. The van der Waals surface area contributed by atoms with Gasteiger partial charge in [0.15, 0.2) is 0 Å². The van der Waals surface area contributed by atoms with Crippen molar-refractivity contribution in [3.63, 3.8) is 0 Å². The smallest absolute Gasteiger partial charge is 0.303 e. The second-order valence-electron chi connectivity index (χ2n) is 11.6. The fraction of sp³-hybridized carbons (Fsp3) is 0.132. The molecule has 2 N–H and O–H groups in total.